The molecule has 0 amide bonds. The van der Waals surface area contributed by atoms with Crippen molar-refractivity contribution in [1.82, 2.24) is 14.6 Å². The summed E-state index contributed by atoms with van der Waals surface area (Å²) in [5, 5.41) is 4.99. The number of piperidine rings is 1. The predicted molar refractivity (Wildman–Crippen MR) is 126 cm³/mol. The van der Waals surface area contributed by atoms with Crippen LogP contribution in [-0.2, 0) is 0 Å². The van der Waals surface area contributed by atoms with Gasteiger partial charge in [0.05, 0.1) is 18.5 Å². The molecule has 3 heterocycles. The predicted octanol–water partition coefficient (Wildman–Crippen LogP) is 5.84. The molecule has 0 unspecified atom stereocenters. The number of fused-ring (bicyclic) bond motifs is 1. The van der Waals surface area contributed by atoms with E-state index < -0.39 is 0 Å². The molecule has 31 heavy (non-hydrogen) atoms. The van der Waals surface area contributed by atoms with Crippen LogP contribution in [0.15, 0.2) is 66.7 Å². The maximum absolute atomic E-state index is 5.42. The van der Waals surface area contributed by atoms with E-state index in [0.29, 0.717) is 6.04 Å². The molecule has 0 aliphatic carbocycles. The molecular formula is C26H28N4O. The minimum atomic E-state index is 0.535. The van der Waals surface area contributed by atoms with Crippen LogP contribution in [0.1, 0.15) is 32.6 Å². The molecule has 2 aromatic heterocycles. The van der Waals surface area contributed by atoms with Gasteiger partial charge in [-0.2, -0.15) is 9.61 Å². The zero-order valence-electron chi connectivity index (χ0n) is 18.2. The lowest BCUT2D eigenvalue weighted by Crippen LogP contribution is -2.40. The topological polar surface area (TPSA) is 42.7 Å². The van der Waals surface area contributed by atoms with E-state index in [1.54, 1.807) is 7.11 Å². The average Bonchev–Trinajstić information content (AvgIpc) is 3.28. The van der Waals surface area contributed by atoms with Gasteiger partial charge in [-0.3, -0.25) is 0 Å². The Morgan fingerprint density at radius 1 is 0.935 bits per heavy atom. The van der Waals surface area contributed by atoms with Gasteiger partial charge in [0.25, 0.3) is 0 Å². The molecule has 0 saturated carbocycles. The van der Waals surface area contributed by atoms with Crippen molar-refractivity contribution in [1.29, 1.82) is 0 Å². The molecule has 2 aromatic carbocycles. The van der Waals surface area contributed by atoms with Crippen molar-refractivity contribution < 1.29 is 4.74 Å². The lowest BCUT2D eigenvalue weighted by atomic mass is 10.00. The average molecular weight is 413 g/mol. The Balaban J connectivity index is 1.69. The van der Waals surface area contributed by atoms with Crippen molar-refractivity contribution in [2.45, 2.75) is 38.6 Å². The molecule has 4 aromatic rings. The van der Waals surface area contributed by atoms with Gasteiger partial charge in [-0.15, -0.1) is 0 Å². The van der Waals surface area contributed by atoms with Crippen LogP contribution in [0.3, 0.4) is 0 Å². The van der Waals surface area contributed by atoms with Crippen LogP contribution in [0.2, 0.25) is 0 Å². The SMILES string of the molecule is CC[C@H]1CCCCN1c1cc(-c2ccccc2)nc2cc(-c3cccc(OC)c3)nn12. The zero-order chi connectivity index (χ0) is 21.2. The normalized spacial score (nSPS) is 16.6. The van der Waals surface area contributed by atoms with E-state index in [1.807, 2.05) is 28.8 Å². The zero-order valence-corrected chi connectivity index (χ0v) is 18.2. The van der Waals surface area contributed by atoms with Crippen LogP contribution >= 0.6 is 0 Å². The molecule has 1 aliphatic rings. The maximum Gasteiger partial charge on any atom is 0.158 e. The summed E-state index contributed by atoms with van der Waals surface area (Å²) >= 11 is 0. The standard InChI is InChI=1S/C26H28N4O/c1-3-21-13-7-8-15-29(21)26-18-23(19-10-5-4-6-11-19)27-25-17-24(28-30(25)26)20-12-9-14-22(16-20)31-2/h4-6,9-12,14,16-18,21H,3,7-8,13,15H2,1-2H3/t21-/m0/s1. The van der Waals surface area contributed by atoms with E-state index in [-0.39, 0.29) is 0 Å². The largest absolute Gasteiger partial charge is 0.497 e. The van der Waals surface area contributed by atoms with Crippen LogP contribution in [0.25, 0.3) is 28.2 Å². The van der Waals surface area contributed by atoms with Crippen molar-refractivity contribution in [2.75, 3.05) is 18.6 Å². The van der Waals surface area contributed by atoms with Crippen molar-refractivity contribution in [3.8, 4) is 28.3 Å². The van der Waals surface area contributed by atoms with Gasteiger partial charge in [0.1, 0.15) is 11.6 Å². The maximum atomic E-state index is 5.42. The fourth-order valence-electron chi connectivity index (χ4n) is 4.57. The van der Waals surface area contributed by atoms with Crippen LogP contribution in [0.5, 0.6) is 5.75 Å². The monoisotopic (exact) mass is 412 g/mol. The first-order valence-corrected chi connectivity index (χ1v) is 11.1. The van der Waals surface area contributed by atoms with E-state index in [4.69, 9.17) is 14.8 Å². The molecule has 5 nitrogen and oxygen atoms in total. The number of nitrogens with zero attached hydrogens (tertiary/aromatic N) is 4. The highest BCUT2D eigenvalue weighted by molar-refractivity contribution is 5.71. The third-order valence-corrected chi connectivity index (χ3v) is 6.24. The Kier molecular flexibility index (Phi) is 5.33. The van der Waals surface area contributed by atoms with Crippen LogP contribution in [0.4, 0.5) is 5.82 Å². The second-order valence-electron chi connectivity index (χ2n) is 8.15. The number of aromatic nitrogens is 3. The van der Waals surface area contributed by atoms with Gasteiger partial charge >= 0.3 is 0 Å². The van der Waals surface area contributed by atoms with Crippen molar-refractivity contribution in [3.05, 3.63) is 66.7 Å². The van der Waals surface area contributed by atoms with Gasteiger partial charge in [-0.05, 0) is 37.8 Å². The van der Waals surface area contributed by atoms with E-state index >= 15 is 0 Å². The molecule has 1 atom stereocenters. The fourth-order valence-corrected chi connectivity index (χ4v) is 4.57. The lowest BCUT2D eigenvalue weighted by Gasteiger charge is -2.37. The second-order valence-corrected chi connectivity index (χ2v) is 8.15. The molecule has 1 fully saturated rings. The molecule has 5 rings (SSSR count). The van der Waals surface area contributed by atoms with Gasteiger partial charge in [-0.1, -0.05) is 49.4 Å². The van der Waals surface area contributed by atoms with E-state index in [0.717, 1.165) is 52.7 Å². The molecule has 0 radical (unpaired) electrons. The van der Waals surface area contributed by atoms with Crippen LogP contribution in [0, 0.1) is 0 Å². The Hall–Kier alpha value is -3.34. The Labute approximate surface area is 183 Å². The lowest BCUT2D eigenvalue weighted by molar-refractivity contribution is 0.415. The number of ether oxygens (including phenoxy) is 1. The summed E-state index contributed by atoms with van der Waals surface area (Å²) in [6, 6.07) is 23.3. The Morgan fingerprint density at radius 3 is 2.58 bits per heavy atom. The fraction of sp³-hybridized carbons (Fsp3) is 0.308. The molecule has 5 heteroatoms. The first-order chi connectivity index (χ1) is 15.3. The number of benzene rings is 2. The van der Waals surface area contributed by atoms with Crippen molar-refractivity contribution in [2.24, 2.45) is 0 Å². The summed E-state index contributed by atoms with van der Waals surface area (Å²) in [6.45, 7) is 3.34. The van der Waals surface area contributed by atoms with Gasteiger partial charge in [-0.25, -0.2) is 4.98 Å². The number of hydrogen-bond donors (Lipinski definition) is 0. The summed E-state index contributed by atoms with van der Waals surface area (Å²) in [5.41, 5.74) is 4.92. The number of rotatable bonds is 5. The van der Waals surface area contributed by atoms with E-state index in [2.05, 4.69) is 54.3 Å². The molecule has 158 valence electrons. The van der Waals surface area contributed by atoms with Gasteiger partial charge in [0.15, 0.2) is 5.65 Å². The van der Waals surface area contributed by atoms with Crippen molar-refractivity contribution >= 4 is 11.5 Å². The van der Waals surface area contributed by atoms with Crippen LogP contribution < -0.4 is 9.64 Å². The highest BCUT2D eigenvalue weighted by atomic mass is 16.5. The third kappa shape index (κ3) is 3.76. The van der Waals surface area contributed by atoms with Gasteiger partial charge in [0, 0.05) is 35.8 Å². The summed E-state index contributed by atoms with van der Waals surface area (Å²) < 4.78 is 7.44. The summed E-state index contributed by atoms with van der Waals surface area (Å²) in [7, 11) is 1.69. The minimum Gasteiger partial charge on any atom is -0.497 e. The van der Waals surface area contributed by atoms with Gasteiger partial charge < -0.3 is 9.64 Å². The quantitative estimate of drug-likeness (QED) is 0.413. The first-order valence-electron chi connectivity index (χ1n) is 11.1. The molecule has 0 bridgehead atoms. The number of anilines is 1. The summed E-state index contributed by atoms with van der Waals surface area (Å²) in [5.74, 6) is 1.96. The van der Waals surface area contributed by atoms with E-state index in [1.165, 1.54) is 19.3 Å². The minimum absolute atomic E-state index is 0.535. The number of hydrogen-bond acceptors (Lipinski definition) is 4. The molecular weight excluding hydrogens is 384 g/mol. The Bertz CT molecular complexity index is 1180. The third-order valence-electron chi connectivity index (χ3n) is 6.24. The van der Waals surface area contributed by atoms with Crippen LogP contribution in [-0.4, -0.2) is 34.3 Å². The van der Waals surface area contributed by atoms with Gasteiger partial charge in [0.2, 0.25) is 0 Å². The molecule has 1 saturated heterocycles. The first kappa shape index (κ1) is 19.6. The van der Waals surface area contributed by atoms with Crippen molar-refractivity contribution in [3.63, 3.8) is 0 Å². The summed E-state index contributed by atoms with van der Waals surface area (Å²) in [4.78, 5) is 7.52. The molecule has 0 N–H and O–H groups in total. The molecule has 1 aliphatic heterocycles. The smallest absolute Gasteiger partial charge is 0.158 e. The molecule has 0 spiro atoms. The number of methoxy groups -OCH3 is 1. The second kappa shape index (κ2) is 8.42. The highest BCUT2D eigenvalue weighted by Gasteiger charge is 2.25. The van der Waals surface area contributed by atoms with E-state index in [9.17, 15) is 0 Å². The summed E-state index contributed by atoms with van der Waals surface area (Å²) in [6.07, 6.45) is 4.87. The Morgan fingerprint density at radius 2 is 1.77 bits per heavy atom. The highest BCUT2D eigenvalue weighted by Crippen LogP contribution is 2.32.